The SMILES string of the molecule is COc1cc(/C=C/C(=O)NCc2ccc(-c3nc(-c4ccccc4)cs3)cc2)cc(OC)c1OC. The predicted molar refractivity (Wildman–Crippen MR) is 140 cm³/mol. The van der Waals surface area contributed by atoms with Gasteiger partial charge in [0.25, 0.3) is 0 Å². The Balaban J connectivity index is 1.36. The lowest BCUT2D eigenvalue weighted by Gasteiger charge is -2.12. The topological polar surface area (TPSA) is 69.7 Å². The molecule has 35 heavy (non-hydrogen) atoms. The third kappa shape index (κ3) is 5.88. The van der Waals surface area contributed by atoms with Crippen molar-refractivity contribution >= 4 is 23.3 Å². The van der Waals surface area contributed by atoms with Gasteiger partial charge in [-0.15, -0.1) is 11.3 Å². The molecule has 0 saturated carbocycles. The van der Waals surface area contributed by atoms with Crippen molar-refractivity contribution in [1.82, 2.24) is 10.3 Å². The van der Waals surface area contributed by atoms with Gasteiger partial charge in [-0.2, -0.15) is 0 Å². The second kappa shape index (κ2) is 11.4. The van der Waals surface area contributed by atoms with Gasteiger partial charge in [-0.3, -0.25) is 4.79 Å². The number of hydrogen-bond donors (Lipinski definition) is 1. The van der Waals surface area contributed by atoms with Crippen molar-refractivity contribution < 1.29 is 19.0 Å². The molecule has 6 nitrogen and oxygen atoms in total. The van der Waals surface area contributed by atoms with E-state index in [1.807, 2.05) is 42.5 Å². The molecule has 0 bridgehead atoms. The van der Waals surface area contributed by atoms with Gasteiger partial charge in [0.15, 0.2) is 11.5 Å². The lowest BCUT2D eigenvalue weighted by Crippen LogP contribution is -2.20. The first-order valence-electron chi connectivity index (χ1n) is 11.0. The second-order valence-electron chi connectivity index (χ2n) is 7.61. The molecule has 1 amide bonds. The number of benzene rings is 3. The molecule has 178 valence electrons. The van der Waals surface area contributed by atoms with E-state index in [2.05, 4.69) is 22.8 Å². The summed E-state index contributed by atoms with van der Waals surface area (Å²) in [4.78, 5) is 17.1. The van der Waals surface area contributed by atoms with Crippen LogP contribution in [0.25, 0.3) is 27.9 Å². The van der Waals surface area contributed by atoms with Crippen molar-refractivity contribution in [3.8, 4) is 39.1 Å². The van der Waals surface area contributed by atoms with Crippen LogP contribution in [0.2, 0.25) is 0 Å². The molecule has 0 aliphatic carbocycles. The number of amides is 1. The summed E-state index contributed by atoms with van der Waals surface area (Å²) >= 11 is 1.62. The lowest BCUT2D eigenvalue weighted by molar-refractivity contribution is -0.116. The maximum absolute atomic E-state index is 12.4. The van der Waals surface area contributed by atoms with Crippen LogP contribution in [0.4, 0.5) is 0 Å². The van der Waals surface area contributed by atoms with Crippen LogP contribution in [0.3, 0.4) is 0 Å². The quantitative estimate of drug-likeness (QED) is 0.301. The molecule has 1 N–H and O–H groups in total. The maximum Gasteiger partial charge on any atom is 0.244 e. The monoisotopic (exact) mass is 486 g/mol. The van der Waals surface area contributed by atoms with Crippen LogP contribution < -0.4 is 19.5 Å². The first-order chi connectivity index (χ1) is 17.1. The smallest absolute Gasteiger partial charge is 0.244 e. The fourth-order valence-corrected chi connectivity index (χ4v) is 4.37. The van der Waals surface area contributed by atoms with Crippen LogP contribution in [-0.2, 0) is 11.3 Å². The molecule has 0 spiro atoms. The number of methoxy groups -OCH3 is 3. The van der Waals surface area contributed by atoms with E-state index >= 15 is 0 Å². The van der Waals surface area contributed by atoms with Gasteiger partial charge in [-0.25, -0.2) is 4.98 Å². The molecule has 1 aromatic heterocycles. The number of ether oxygens (including phenoxy) is 3. The van der Waals surface area contributed by atoms with Crippen molar-refractivity contribution in [2.45, 2.75) is 6.54 Å². The zero-order chi connectivity index (χ0) is 24.6. The third-order valence-electron chi connectivity index (χ3n) is 5.36. The molecule has 7 heteroatoms. The van der Waals surface area contributed by atoms with Crippen LogP contribution >= 0.6 is 11.3 Å². The number of carbonyl (C=O) groups is 1. The second-order valence-corrected chi connectivity index (χ2v) is 8.47. The van der Waals surface area contributed by atoms with Gasteiger partial charge in [-0.05, 0) is 29.3 Å². The summed E-state index contributed by atoms with van der Waals surface area (Å²) in [6.45, 7) is 0.422. The lowest BCUT2D eigenvalue weighted by atomic mass is 10.1. The van der Waals surface area contributed by atoms with E-state index < -0.39 is 0 Å². The highest BCUT2D eigenvalue weighted by Crippen LogP contribution is 2.38. The number of nitrogens with zero attached hydrogens (tertiary/aromatic N) is 1. The Bertz CT molecular complexity index is 1290. The molecular formula is C28H26N2O4S. The zero-order valence-corrected chi connectivity index (χ0v) is 20.6. The first kappa shape index (κ1) is 24.0. The molecule has 0 unspecified atom stereocenters. The van der Waals surface area contributed by atoms with Crippen LogP contribution in [0, 0.1) is 0 Å². The van der Waals surface area contributed by atoms with E-state index in [9.17, 15) is 4.79 Å². The molecule has 0 atom stereocenters. The fraction of sp³-hybridized carbons (Fsp3) is 0.143. The third-order valence-corrected chi connectivity index (χ3v) is 6.25. The Morgan fingerprint density at radius 1 is 0.914 bits per heavy atom. The van der Waals surface area contributed by atoms with Gasteiger partial charge in [0.2, 0.25) is 11.7 Å². The summed E-state index contributed by atoms with van der Waals surface area (Å²) in [6.07, 6.45) is 3.19. The van der Waals surface area contributed by atoms with E-state index in [0.29, 0.717) is 23.8 Å². The van der Waals surface area contributed by atoms with Gasteiger partial charge in [0.05, 0.1) is 27.0 Å². The van der Waals surface area contributed by atoms with E-state index in [4.69, 9.17) is 19.2 Å². The van der Waals surface area contributed by atoms with Gasteiger partial charge in [0.1, 0.15) is 5.01 Å². The summed E-state index contributed by atoms with van der Waals surface area (Å²) in [5.74, 6) is 1.37. The number of carbonyl (C=O) groups excluding carboxylic acids is 1. The molecule has 0 fully saturated rings. The predicted octanol–water partition coefficient (Wildman–Crippen LogP) is 5.83. The zero-order valence-electron chi connectivity index (χ0n) is 19.8. The van der Waals surface area contributed by atoms with Crippen LogP contribution in [-0.4, -0.2) is 32.2 Å². The Morgan fingerprint density at radius 3 is 2.23 bits per heavy atom. The molecule has 0 aliphatic heterocycles. The Morgan fingerprint density at radius 2 is 1.60 bits per heavy atom. The minimum Gasteiger partial charge on any atom is -0.493 e. The van der Waals surface area contributed by atoms with E-state index in [1.165, 1.54) is 6.08 Å². The standard InChI is InChI=1S/C28H26N2O4S/c1-32-24-15-20(16-25(33-2)27(24)34-3)11-14-26(31)29-17-19-9-12-22(13-10-19)28-30-23(18-35-28)21-7-5-4-6-8-21/h4-16,18H,17H2,1-3H3,(H,29,31)/b14-11+. The minimum atomic E-state index is -0.199. The fourth-order valence-electron chi connectivity index (χ4n) is 3.53. The molecule has 4 aromatic rings. The Hall–Kier alpha value is -4.10. The van der Waals surface area contributed by atoms with Crippen LogP contribution in [0.1, 0.15) is 11.1 Å². The van der Waals surface area contributed by atoms with Crippen molar-refractivity contribution in [3.63, 3.8) is 0 Å². The molecule has 0 saturated heterocycles. The van der Waals surface area contributed by atoms with Gasteiger partial charge in [0, 0.05) is 29.1 Å². The van der Waals surface area contributed by atoms with E-state index in [-0.39, 0.29) is 5.91 Å². The first-order valence-corrected chi connectivity index (χ1v) is 11.9. The van der Waals surface area contributed by atoms with Crippen molar-refractivity contribution in [1.29, 1.82) is 0 Å². The summed E-state index contributed by atoms with van der Waals surface area (Å²) < 4.78 is 16.0. The van der Waals surface area contributed by atoms with Gasteiger partial charge >= 0.3 is 0 Å². The largest absolute Gasteiger partial charge is 0.493 e. The highest BCUT2D eigenvalue weighted by atomic mass is 32.1. The number of nitrogens with one attached hydrogen (secondary N) is 1. The van der Waals surface area contributed by atoms with Crippen molar-refractivity contribution in [2.24, 2.45) is 0 Å². The highest BCUT2D eigenvalue weighted by Gasteiger charge is 2.12. The number of thiazole rings is 1. The summed E-state index contributed by atoms with van der Waals surface area (Å²) in [6, 6.07) is 21.8. The highest BCUT2D eigenvalue weighted by molar-refractivity contribution is 7.13. The number of aromatic nitrogens is 1. The van der Waals surface area contributed by atoms with E-state index in [0.717, 1.165) is 33.0 Å². The summed E-state index contributed by atoms with van der Waals surface area (Å²) in [5, 5.41) is 5.94. The number of hydrogen-bond acceptors (Lipinski definition) is 6. The van der Waals surface area contributed by atoms with Gasteiger partial charge in [-0.1, -0.05) is 54.6 Å². The molecule has 3 aromatic carbocycles. The average molecular weight is 487 g/mol. The van der Waals surface area contributed by atoms with E-state index in [1.54, 1.807) is 50.9 Å². The minimum absolute atomic E-state index is 0.199. The normalized spacial score (nSPS) is 10.8. The Kier molecular flexibility index (Phi) is 7.80. The molecule has 0 radical (unpaired) electrons. The van der Waals surface area contributed by atoms with Gasteiger partial charge < -0.3 is 19.5 Å². The Labute approximate surface area is 208 Å². The molecular weight excluding hydrogens is 460 g/mol. The van der Waals surface area contributed by atoms with Crippen molar-refractivity contribution in [3.05, 3.63) is 89.3 Å². The summed E-state index contributed by atoms with van der Waals surface area (Å²) in [5.41, 5.74) is 4.89. The maximum atomic E-state index is 12.4. The van der Waals surface area contributed by atoms with Crippen LogP contribution in [0.5, 0.6) is 17.2 Å². The molecule has 0 aliphatic rings. The summed E-state index contributed by atoms with van der Waals surface area (Å²) in [7, 11) is 4.66. The van der Waals surface area contributed by atoms with Crippen LogP contribution in [0.15, 0.2) is 78.2 Å². The molecule has 1 heterocycles. The average Bonchev–Trinajstić information content (AvgIpc) is 3.41. The number of rotatable bonds is 9. The van der Waals surface area contributed by atoms with Crippen molar-refractivity contribution in [2.75, 3.05) is 21.3 Å². The molecule has 4 rings (SSSR count).